The molecule has 0 radical (unpaired) electrons. The minimum absolute atomic E-state index is 0.0532. The summed E-state index contributed by atoms with van der Waals surface area (Å²) in [6, 6.07) is 18.2. The molecule has 0 saturated carbocycles. The molecule has 0 heterocycles. The van der Waals surface area contributed by atoms with Crippen LogP contribution in [0.25, 0.3) is 0 Å². The van der Waals surface area contributed by atoms with E-state index in [-0.39, 0.29) is 18.8 Å². The molecule has 0 N–H and O–H groups in total. The fraction of sp³-hybridized carbons (Fsp3) is 0.594. The fourth-order valence-corrected chi connectivity index (χ4v) is 4.97. The van der Waals surface area contributed by atoms with Crippen LogP contribution in [0.2, 0.25) is 0 Å². The molecule has 0 aliphatic heterocycles. The van der Waals surface area contributed by atoms with Crippen molar-refractivity contribution in [1.82, 2.24) is 0 Å². The summed E-state index contributed by atoms with van der Waals surface area (Å²) in [4.78, 5) is 12.9. The number of carbonyl (C=O) groups excluding carboxylic acids is 1. The molecule has 1 unspecified atom stereocenters. The largest absolute Gasteiger partial charge is 0.457 e. The van der Waals surface area contributed by atoms with Gasteiger partial charge in [-0.25, -0.2) is 4.79 Å². The summed E-state index contributed by atoms with van der Waals surface area (Å²) < 4.78 is 11.9. The minimum Gasteiger partial charge on any atom is -0.457 e. The number of ether oxygens (including phenoxy) is 2. The van der Waals surface area contributed by atoms with Crippen molar-refractivity contribution in [3.05, 3.63) is 65.7 Å². The van der Waals surface area contributed by atoms with Crippen molar-refractivity contribution >= 4 is 5.97 Å². The smallest absolute Gasteiger partial charge is 0.367 e. The maximum atomic E-state index is 12.9. The second-order valence-electron chi connectivity index (χ2n) is 10.7. The number of unbranched alkanes of at least 4 members (excludes halogenated alkanes) is 9. The topological polar surface area (TPSA) is 35.5 Å². The van der Waals surface area contributed by atoms with Crippen molar-refractivity contribution in [3.63, 3.8) is 0 Å². The van der Waals surface area contributed by atoms with Gasteiger partial charge in [-0.05, 0) is 30.5 Å². The first-order valence-electron chi connectivity index (χ1n) is 14.2. The SMILES string of the molecule is CCCCCCCCCCCCc1cccc(OCOC(=O)C(CC)[N+](C)(C)Cc2ccccc2)c1. The van der Waals surface area contributed by atoms with Crippen molar-refractivity contribution < 1.29 is 18.8 Å². The number of likely N-dealkylation sites (N-methyl/N-ethyl adjacent to an activating group) is 1. The van der Waals surface area contributed by atoms with Crippen LogP contribution in [-0.2, 0) is 22.5 Å². The lowest BCUT2D eigenvalue weighted by molar-refractivity contribution is -0.919. The van der Waals surface area contributed by atoms with E-state index >= 15 is 0 Å². The van der Waals surface area contributed by atoms with Gasteiger partial charge in [-0.2, -0.15) is 0 Å². The molecule has 0 spiro atoms. The van der Waals surface area contributed by atoms with Crippen LogP contribution >= 0.6 is 0 Å². The van der Waals surface area contributed by atoms with Crippen LogP contribution in [0.15, 0.2) is 54.6 Å². The maximum absolute atomic E-state index is 12.9. The van der Waals surface area contributed by atoms with E-state index in [4.69, 9.17) is 9.47 Å². The van der Waals surface area contributed by atoms with Crippen LogP contribution in [0.1, 0.15) is 95.6 Å². The molecular weight excluding hydrogens is 446 g/mol. The third kappa shape index (κ3) is 11.6. The van der Waals surface area contributed by atoms with E-state index in [0.717, 1.165) is 18.7 Å². The van der Waals surface area contributed by atoms with Crippen LogP contribution < -0.4 is 4.74 Å². The number of rotatable bonds is 19. The van der Waals surface area contributed by atoms with Crippen LogP contribution in [0.3, 0.4) is 0 Å². The molecule has 0 amide bonds. The Kier molecular flexibility index (Phi) is 14.3. The highest BCUT2D eigenvalue weighted by Gasteiger charge is 2.35. The van der Waals surface area contributed by atoms with E-state index in [9.17, 15) is 4.79 Å². The Hall–Kier alpha value is -2.33. The summed E-state index contributed by atoms with van der Waals surface area (Å²) in [5.41, 5.74) is 2.50. The zero-order chi connectivity index (χ0) is 26.1. The number of hydrogen-bond acceptors (Lipinski definition) is 3. The third-order valence-electron chi connectivity index (χ3n) is 7.08. The van der Waals surface area contributed by atoms with Crippen molar-refractivity contribution in [2.75, 3.05) is 20.9 Å². The summed E-state index contributed by atoms with van der Waals surface area (Å²) in [7, 11) is 4.17. The molecule has 0 aromatic heterocycles. The number of quaternary nitrogens is 1. The number of nitrogens with zero attached hydrogens (tertiary/aromatic N) is 1. The lowest BCUT2D eigenvalue weighted by Gasteiger charge is -2.36. The molecule has 0 fully saturated rings. The normalized spacial score (nSPS) is 12.3. The Morgan fingerprint density at radius 2 is 1.39 bits per heavy atom. The summed E-state index contributed by atoms with van der Waals surface area (Å²) in [6.45, 7) is 5.03. The average Bonchev–Trinajstić information content (AvgIpc) is 2.86. The summed E-state index contributed by atoms with van der Waals surface area (Å²) in [6.07, 6.45) is 15.3. The van der Waals surface area contributed by atoms with Gasteiger partial charge >= 0.3 is 5.97 Å². The van der Waals surface area contributed by atoms with E-state index in [1.54, 1.807) is 0 Å². The highest BCUT2D eigenvalue weighted by atomic mass is 16.7. The van der Waals surface area contributed by atoms with Gasteiger partial charge in [0.2, 0.25) is 6.79 Å². The number of benzene rings is 2. The highest BCUT2D eigenvalue weighted by molar-refractivity contribution is 5.74. The van der Waals surface area contributed by atoms with Crippen molar-refractivity contribution in [2.24, 2.45) is 0 Å². The van der Waals surface area contributed by atoms with Crippen molar-refractivity contribution in [2.45, 2.75) is 103 Å². The molecule has 0 aliphatic rings. The quantitative estimate of drug-likeness (QED) is 0.0853. The molecule has 0 aliphatic carbocycles. The summed E-state index contributed by atoms with van der Waals surface area (Å²) >= 11 is 0. The zero-order valence-electron chi connectivity index (χ0n) is 23.3. The van der Waals surface area contributed by atoms with Gasteiger partial charge in [-0.15, -0.1) is 0 Å². The summed E-state index contributed by atoms with van der Waals surface area (Å²) in [5, 5.41) is 0. The molecule has 4 heteroatoms. The van der Waals surface area contributed by atoms with E-state index in [1.807, 2.05) is 37.3 Å². The Bertz CT molecular complexity index is 849. The Labute approximate surface area is 220 Å². The number of carbonyl (C=O) groups is 1. The predicted molar refractivity (Wildman–Crippen MR) is 150 cm³/mol. The van der Waals surface area contributed by atoms with Crippen molar-refractivity contribution in [3.8, 4) is 5.75 Å². The van der Waals surface area contributed by atoms with Gasteiger partial charge < -0.3 is 14.0 Å². The number of esters is 1. The molecule has 2 aromatic rings. The monoisotopic (exact) mass is 496 g/mol. The Morgan fingerprint density at radius 3 is 2.03 bits per heavy atom. The predicted octanol–water partition coefficient (Wildman–Crippen LogP) is 8.08. The van der Waals surface area contributed by atoms with E-state index in [0.29, 0.717) is 10.9 Å². The first-order valence-corrected chi connectivity index (χ1v) is 14.2. The molecule has 4 nitrogen and oxygen atoms in total. The third-order valence-corrected chi connectivity index (χ3v) is 7.08. The molecule has 2 rings (SSSR count). The average molecular weight is 497 g/mol. The molecule has 200 valence electrons. The molecule has 0 saturated heterocycles. The van der Waals surface area contributed by atoms with Crippen LogP contribution in [0.4, 0.5) is 0 Å². The van der Waals surface area contributed by atoms with Gasteiger partial charge in [0.25, 0.3) is 0 Å². The Morgan fingerprint density at radius 1 is 0.778 bits per heavy atom. The first kappa shape index (κ1) is 29.9. The second-order valence-corrected chi connectivity index (χ2v) is 10.7. The van der Waals surface area contributed by atoms with Crippen LogP contribution in [0.5, 0.6) is 5.75 Å². The van der Waals surface area contributed by atoms with Crippen LogP contribution in [-0.4, -0.2) is 37.4 Å². The van der Waals surface area contributed by atoms with Gasteiger partial charge in [0, 0.05) is 12.0 Å². The van der Waals surface area contributed by atoms with Crippen molar-refractivity contribution in [1.29, 1.82) is 0 Å². The fourth-order valence-electron chi connectivity index (χ4n) is 4.97. The lowest BCUT2D eigenvalue weighted by Crippen LogP contribution is -2.52. The second kappa shape index (κ2) is 17.2. The molecule has 36 heavy (non-hydrogen) atoms. The van der Waals surface area contributed by atoms with E-state index < -0.39 is 0 Å². The molecule has 0 bridgehead atoms. The number of hydrogen-bond donors (Lipinski definition) is 0. The van der Waals surface area contributed by atoms with Gasteiger partial charge in [-0.1, -0.05) is 114 Å². The van der Waals surface area contributed by atoms with Crippen LogP contribution in [0, 0.1) is 0 Å². The van der Waals surface area contributed by atoms with E-state index in [2.05, 4.69) is 45.3 Å². The van der Waals surface area contributed by atoms with E-state index in [1.165, 1.54) is 75.3 Å². The minimum atomic E-state index is -0.239. The maximum Gasteiger partial charge on any atom is 0.367 e. The highest BCUT2D eigenvalue weighted by Crippen LogP contribution is 2.19. The van der Waals surface area contributed by atoms with Gasteiger partial charge in [0.1, 0.15) is 12.3 Å². The van der Waals surface area contributed by atoms with Gasteiger partial charge in [-0.3, -0.25) is 0 Å². The number of aryl methyl sites for hydroxylation is 1. The Balaban J connectivity index is 1.68. The molecular formula is C32H50NO3+. The van der Waals surface area contributed by atoms with Gasteiger partial charge in [0.05, 0.1) is 14.1 Å². The summed E-state index contributed by atoms with van der Waals surface area (Å²) in [5.74, 6) is 0.554. The zero-order valence-corrected chi connectivity index (χ0v) is 23.3. The molecule has 2 aromatic carbocycles. The standard InChI is InChI=1S/C32H50NO3/c1-5-7-8-9-10-11-12-13-14-16-20-28-23-19-24-30(25-28)35-27-36-32(34)31(6-2)33(3,4)26-29-21-17-15-18-22-29/h15,17-19,21-25,31H,5-14,16,20,26-27H2,1-4H3/q+1. The first-order chi connectivity index (χ1) is 17.5. The lowest BCUT2D eigenvalue weighted by atomic mass is 10.0. The van der Waals surface area contributed by atoms with Gasteiger partial charge in [0.15, 0.2) is 6.04 Å². The molecule has 1 atom stereocenters.